The predicted octanol–water partition coefficient (Wildman–Crippen LogP) is 5.00. The van der Waals surface area contributed by atoms with Crippen molar-refractivity contribution in [2.75, 3.05) is 13.7 Å². The molecule has 0 N–H and O–H groups in total. The maximum Gasteiger partial charge on any atom is 0.343 e. The maximum atomic E-state index is 12.2. The first-order valence-corrected chi connectivity index (χ1v) is 8.73. The van der Waals surface area contributed by atoms with E-state index in [-0.39, 0.29) is 5.97 Å². The number of ether oxygens (including phenoxy) is 3. The van der Waals surface area contributed by atoms with Crippen LogP contribution in [-0.2, 0) is 9.53 Å². The van der Waals surface area contributed by atoms with Crippen molar-refractivity contribution in [1.82, 2.24) is 0 Å². The number of rotatable bonds is 6. The van der Waals surface area contributed by atoms with E-state index in [0.29, 0.717) is 17.9 Å². The SMILES string of the molecule is C=CCOc1ccc(C=C2C=C(c3ccc(OC)cc3)OC2=O)cc1Br. The fourth-order valence-corrected chi connectivity index (χ4v) is 2.95. The summed E-state index contributed by atoms with van der Waals surface area (Å²) in [4.78, 5) is 12.2. The summed E-state index contributed by atoms with van der Waals surface area (Å²) in [6.07, 6.45) is 5.20. The number of hydrogen-bond donors (Lipinski definition) is 0. The van der Waals surface area contributed by atoms with Crippen molar-refractivity contribution in [1.29, 1.82) is 0 Å². The second kappa shape index (κ2) is 8.06. The number of esters is 1. The van der Waals surface area contributed by atoms with Crippen LogP contribution in [-0.4, -0.2) is 19.7 Å². The Bertz CT molecular complexity index is 895. The van der Waals surface area contributed by atoms with E-state index in [4.69, 9.17) is 14.2 Å². The lowest BCUT2D eigenvalue weighted by atomic mass is 10.1. The van der Waals surface area contributed by atoms with Crippen LogP contribution in [0.4, 0.5) is 0 Å². The molecule has 5 heteroatoms. The van der Waals surface area contributed by atoms with Crippen LogP contribution < -0.4 is 9.47 Å². The average Bonchev–Trinajstić information content (AvgIpc) is 3.01. The molecular weight excluding hydrogens is 396 g/mol. The number of methoxy groups -OCH3 is 1. The van der Waals surface area contributed by atoms with Gasteiger partial charge >= 0.3 is 5.97 Å². The van der Waals surface area contributed by atoms with Crippen LogP contribution in [0.25, 0.3) is 11.8 Å². The summed E-state index contributed by atoms with van der Waals surface area (Å²) >= 11 is 3.47. The Labute approximate surface area is 160 Å². The summed E-state index contributed by atoms with van der Waals surface area (Å²) < 4.78 is 16.8. The Hall–Kier alpha value is -2.79. The van der Waals surface area contributed by atoms with Gasteiger partial charge in [0.1, 0.15) is 23.9 Å². The lowest BCUT2D eigenvalue weighted by molar-refractivity contribution is -0.130. The summed E-state index contributed by atoms with van der Waals surface area (Å²) in [6.45, 7) is 4.06. The fourth-order valence-electron chi connectivity index (χ4n) is 2.44. The third-order valence-electron chi connectivity index (χ3n) is 3.73. The second-order valence-corrected chi connectivity index (χ2v) is 6.37. The van der Waals surface area contributed by atoms with Gasteiger partial charge < -0.3 is 14.2 Å². The Kier molecular flexibility index (Phi) is 5.58. The van der Waals surface area contributed by atoms with Crippen LogP contribution >= 0.6 is 15.9 Å². The van der Waals surface area contributed by atoms with Gasteiger partial charge in [0, 0.05) is 5.56 Å². The highest BCUT2D eigenvalue weighted by Crippen LogP contribution is 2.31. The van der Waals surface area contributed by atoms with E-state index in [1.165, 1.54) is 0 Å². The molecule has 0 aromatic heterocycles. The third kappa shape index (κ3) is 4.06. The zero-order valence-electron chi connectivity index (χ0n) is 14.2. The van der Waals surface area contributed by atoms with Gasteiger partial charge in [-0.25, -0.2) is 4.79 Å². The molecule has 1 heterocycles. The zero-order valence-corrected chi connectivity index (χ0v) is 15.8. The molecule has 0 bridgehead atoms. The minimum atomic E-state index is -0.376. The largest absolute Gasteiger partial charge is 0.497 e. The second-order valence-electron chi connectivity index (χ2n) is 5.52. The summed E-state index contributed by atoms with van der Waals surface area (Å²) in [5.74, 6) is 1.61. The van der Waals surface area contributed by atoms with Gasteiger partial charge in [0.15, 0.2) is 0 Å². The molecule has 1 aliphatic heterocycles. The number of hydrogen-bond acceptors (Lipinski definition) is 4. The van der Waals surface area contributed by atoms with Gasteiger partial charge in [-0.1, -0.05) is 18.7 Å². The smallest absolute Gasteiger partial charge is 0.343 e. The summed E-state index contributed by atoms with van der Waals surface area (Å²) in [6, 6.07) is 13.0. The standard InChI is InChI=1S/C21H17BrO4/c1-3-10-25-19-9-4-14(12-18(19)22)11-16-13-20(26-21(16)23)15-5-7-17(24-2)8-6-15/h3-9,11-13H,1,10H2,2H3. The van der Waals surface area contributed by atoms with E-state index in [2.05, 4.69) is 22.5 Å². The van der Waals surface area contributed by atoms with Gasteiger partial charge in [-0.3, -0.25) is 0 Å². The Balaban J connectivity index is 1.83. The fraction of sp³-hybridized carbons (Fsp3) is 0.0952. The van der Waals surface area contributed by atoms with E-state index in [9.17, 15) is 4.79 Å². The van der Waals surface area contributed by atoms with Gasteiger partial charge in [-0.2, -0.15) is 0 Å². The first-order valence-electron chi connectivity index (χ1n) is 7.94. The van der Waals surface area contributed by atoms with Crippen molar-refractivity contribution >= 4 is 33.7 Å². The Morgan fingerprint density at radius 3 is 2.62 bits per heavy atom. The number of carbonyl (C=O) groups excluding carboxylic acids is 1. The zero-order chi connectivity index (χ0) is 18.5. The van der Waals surface area contributed by atoms with Gasteiger partial charge in [-0.05, 0) is 70.0 Å². The molecule has 0 spiro atoms. The van der Waals surface area contributed by atoms with Crippen LogP contribution in [0.5, 0.6) is 11.5 Å². The molecule has 1 aliphatic rings. The van der Waals surface area contributed by atoms with Gasteiger partial charge in [0.05, 0.1) is 17.2 Å². The van der Waals surface area contributed by atoms with Crippen molar-refractivity contribution in [3.8, 4) is 11.5 Å². The molecule has 2 aromatic carbocycles. The van der Waals surface area contributed by atoms with Crippen LogP contribution in [0.3, 0.4) is 0 Å². The van der Waals surface area contributed by atoms with Crippen molar-refractivity contribution in [3.05, 3.63) is 82.4 Å². The Morgan fingerprint density at radius 1 is 1.19 bits per heavy atom. The van der Waals surface area contributed by atoms with Crippen molar-refractivity contribution < 1.29 is 19.0 Å². The normalized spacial score (nSPS) is 14.8. The minimum Gasteiger partial charge on any atom is -0.497 e. The highest BCUT2D eigenvalue weighted by molar-refractivity contribution is 9.10. The van der Waals surface area contributed by atoms with Gasteiger partial charge in [0.2, 0.25) is 0 Å². The molecule has 4 nitrogen and oxygen atoms in total. The number of carbonyl (C=O) groups is 1. The number of cyclic esters (lactones) is 1. The third-order valence-corrected chi connectivity index (χ3v) is 4.35. The van der Waals surface area contributed by atoms with Crippen molar-refractivity contribution in [2.45, 2.75) is 0 Å². The molecule has 132 valence electrons. The van der Waals surface area contributed by atoms with Crippen LogP contribution in [0.15, 0.2) is 71.2 Å². The van der Waals surface area contributed by atoms with Crippen LogP contribution in [0.1, 0.15) is 11.1 Å². The number of benzene rings is 2. The summed E-state index contributed by atoms with van der Waals surface area (Å²) in [5.41, 5.74) is 2.17. The topological polar surface area (TPSA) is 44.8 Å². The molecular formula is C21H17BrO4. The molecule has 0 atom stereocenters. The van der Waals surface area contributed by atoms with E-state index in [0.717, 1.165) is 27.1 Å². The molecule has 0 unspecified atom stereocenters. The summed E-state index contributed by atoms with van der Waals surface area (Å²) in [7, 11) is 1.61. The summed E-state index contributed by atoms with van der Waals surface area (Å²) in [5, 5.41) is 0. The molecule has 0 saturated heterocycles. The van der Waals surface area contributed by atoms with Gasteiger partial charge in [-0.15, -0.1) is 0 Å². The first-order chi connectivity index (χ1) is 12.6. The lowest BCUT2D eigenvalue weighted by Gasteiger charge is -2.06. The average molecular weight is 413 g/mol. The molecule has 0 fully saturated rings. The molecule has 0 radical (unpaired) electrons. The van der Waals surface area contributed by atoms with Crippen LogP contribution in [0.2, 0.25) is 0 Å². The van der Waals surface area contributed by atoms with E-state index in [1.807, 2.05) is 42.5 Å². The first kappa shape index (κ1) is 18.0. The number of halogens is 1. The van der Waals surface area contributed by atoms with Crippen molar-refractivity contribution in [3.63, 3.8) is 0 Å². The highest BCUT2D eigenvalue weighted by Gasteiger charge is 2.22. The van der Waals surface area contributed by atoms with E-state index in [1.54, 1.807) is 25.3 Å². The lowest BCUT2D eigenvalue weighted by Crippen LogP contribution is -1.97. The van der Waals surface area contributed by atoms with Crippen molar-refractivity contribution in [2.24, 2.45) is 0 Å². The van der Waals surface area contributed by atoms with E-state index >= 15 is 0 Å². The van der Waals surface area contributed by atoms with E-state index < -0.39 is 0 Å². The molecule has 3 rings (SSSR count). The molecule has 0 saturated carbocycles. The monoisotopic (exact) mass is 412 g/mol. The Morgan fingerprint density at radius 2 is 1.96 bits per heavy atom. The predicted molar refractivity (Wildman–Crippen MR) is 105 cm³/mol. The minimum absolute atomic E-state index is 0.376. The molecule has 0 aliphatic carbocycles. The van der Waals surface area contributed by atoms with Gasteiger partial charge in [0.25, 0.3) is 0 Å². The molecule has 2 aromatic rings. The highest BCUT2D eigenvalue weighted by atomic mass is 79.9. The van der Waals surface area contributed by atoms with Crippen LogP contribution in [0, 0.1) is 0 Å². The quantitative estimate of drug-likeness (QED) is 0.380. The maximum absolute atomic E-state index is 12.2. The molecule has 26 heavy (non-hydrogen) atoms. The molecule has 0 amide bonds.